The molecule has 7 heteroatoms. The molecule has 0 bridgehead atoms. The molecule has 1 aliphatic rings. The quantitative estimate of drug-likeness (QED) is 0.653. The second-order valence-electron chi connectivity index (χ2n) is 6.60. The number of methoxy groups -OCH3 is 3. The van der Waals surface area contributed by atoms with Gasteiger partial charge in [-0.3, -0.25) is 4.90 Å². The minimum atomic E-state index is -2.88. The van der Waals surface area contributed by atoms with Gasteiger partial charge in [0.2, 0.25) is 0 Å². The van der Waals surface area contributed by atoms with Crippen LogP contribution in [0.1, 0.15) is 30.0 Å². The molecule has 0 aliphatic carbocycles. The smallest absolute Gasteiger partial charge is 0.387 e. The Balaban J connectivity index is 1.81. The van der Waals surface area contributed by atoms with Gasteiger partial charge in [0.25, 0.3) is 0 Å². The molecule has 28 heavy (non-hydrogen) atoms. The van der Waals surface area contributed by atoms with Crippen molar-refractivity contribution in [1.29, 1.82) is 0 Å². The maximum absolute atomic E-state index is 12.5. The lowest BCUT2D eigenvalue weighted by molar-refractivity contribution is -0.0512. The SMILES string of the molecule is COc1ccc([C@H]2CCCN2Cc2ccc(OC(F)F)c(OC)c2)c(OC)c1. The van der Waals surface area contributed by atoms with Crippen molar-refractivity contribution in [1.82, 2.24) is 4.90 Å². The van der Waals surface area contributed by atoms with E-state index in [1.807, 2.05) is 18.2 Å². The van der Waals surface area contributed by atoms with Crippen molar-refractivity contribution in [3.63, 3.8) is 0 Å². The molecule has 2 aromatic carbocycles. The van der Waals surface area contributed by atoms with Crippen molar-refractivity contribution in [2.45, 2.75) is 32.0 Å². The third kappa shape index (κ3) is 4.47. The van der Waals surface area contributed by atoms with Gasteiger partial charge in [0.1, 0.15) is 11.5 Å². The molecule has 2 aromatic rings. The first-order valence-electron chi connectivity index (χ1n) is 9.13. The summed E-state index contributed by atoms with van der Waals surface area (Å²) >= 11 is 0. The number of nitrogens with zero attached hydrogens (tertiary/aromatic N) is 1. The zero-order valence-corrected chi connectivity index (χ0v) is 16.3. The summed E-state index contributed by atoms with van der Waals surface area (Å²) in [5.74, 6) is 1.89. The number of alkyl halides is 2. The van der Waals surface area contributed by atoms with Gasteiger partial charge in [-0.15, -0.1) is 0 Å². The number of halogens is 2. The van der Waals surface area contributed by atoms with Crippen LogP contribution < -0.4 is 18.9 Å². The highest BCUT2D eigenvalue weighted by Gasteiger charge is 2.28. The van der Waals surface area contributed by atoms with Crippen molar-refractivity contribution in [2.75, 3.05) is 27.9 Å². The summed E-state index contributed by atoms with van der Waals surface area (Å²) in [6.45, 7) is -1.27. The molecule has 0 saturated carbocycles. The first kappa shape index (κ1) is 20.2. The van der Waals surface area contributed by atoms with Crippen LogP contribution in [0.4, 0.5) is 8.78 Å². The van der Waals surface area contributed by atoms with Crippen LogP contribution in [-0.4, -0.2) is 39.4 Å². The highest BCUT2D eigenvalue weighted by Crippen LogP contribution is 2.40. The Bertz CT molecular complexity index is 800. The molecule has 152 valence electrons. The monoisotopic (exact) mass is 393 g/mol. The van der Waals surface area contributed by atoms with Crippen LogP contribution in [0.25, 0.3) is 0 Å². The second kappa shape index (κ2) is 9.10. The van der Waals surface area contributed by atoms with Crippen molar-refractivity contribution in [3.8, 4) is 23.0 Å². The molecule has 3 rings (SSSR count). The molecule has 1 aliphatic heterocycles. The van der Waals surface area contributed by atoms with E-state index in [2.05, 4.69) is 9.64 Å². The minimum Gasteiger partial charge on any atom is -0.497 e. The molecule has 0 radical (unpaired) electrons. The maximum atomic E-state index is 12.5. The van der Waals surface area contributed by atoms with Crippen LogP contribution in [0.5, 0.6) is 23.0 Å². The lowest BCUT2D eigenvalue weighted by atomic mass is 10.0. The van der Waals surface area contributed by atoms with Crippen molar-refractivity contribution in [2.24, 2.45) is 0 Å². The molecule has 1 fully saturated rings. The Morgan fingerprint density at radius 2 is 1.75 bits per heavy atom. The van der Waals surface area contributed by atoms with Crippen molar-refractivity contribution < 1.29 is 27.7 Å². The fraction of sp³-hybridized carbons (Fsp3) is 0.429. The van der Waals surface area contributed by atoms with Gasteiger partial charge in [-0.1, -0.05) is 12.1 Å². The van der Waals surface area contributed by atoms with E-state index < -0.39 is 6.61 Å². The normalized spacial score (nSPS) is 17.0. The van der Waals surface area contributed by atoms with Gasteiger partial charge in [-0.25, -0.2) is 0 Å². The number of benzene rings is 2. The summed E-state index contributed by atoms with van der Waals surface area (Å²) in [7, 11) is 4.73. The largest absolute Gasteiger partial charge is 0.497 e. The Hall–Kier alpha value is -2.54. The van der Waals surface area contributed by atoms with Crippen LogP contribution in [-0.2, 0) is 6.54 Å². The van der Waals surface area contributed by atoms with Gasteiger partial charge in [0.05, 0.1) is 21.3 Å². The van der Waals surface area contributed by atoms with E-state index in [9.17, 15) is 8.78 Å². The average Bonchev–Trinajstić information content (AvgIpc) is 3.15. The molecule has 1 saturated heterocycles. The molecule has 0 N–H and O–H groups in total. The third-order valence-electron chi connectivity index (χ3n) is 4.99. The molecule has 1 heterocycles. The van der Waals surface area contributed by atoms with Gasteiger partial charge >= 0.3 is 6.61 Å². The standard InChI is InChI=1S/C21H25F2NO4/c1-25-15-7-8-16(19(12-15)26-2)17-5-4-10-24(17)13-14-6-9-18(28-21(22)23)20(11-14)27-3/h6-9,11-12,17,21H,4-5,10,13H2,1-3H3/t17-/m1/s1. The predicted octanol–water partition coefficient (Wildman–Crippen LogP) is 4.65. The van der Waals surface area contributed by atoms with Crippen molar-refractivity contribution in [3.05, 3.63) is 47.5 Å². The first-order valence-corrected chi connectivity index (χ1v) is 9.13. The van der Waals surface area contributed by atoms with E-state index >= 15 is 0 Å². The predicted molar refractivity (Wildman–Crippen MR) is 102 cm³/mol. The fourth-order valence-electron chi connectivity index (χ4n) is 3.70. The average molecular weight is 393 g/mol. The summed E-state index contributed by atoms with van der Waals surface area (Å²) in [4.78, 5) is 2.35. The maximum Gasteiger partial charge on any atom is 0.387 e. The lowest BCUT2D eigenvalue weighted by Crippen LogP contribution is -2.23. The first-order chi connectivity index (χ1) is 13.5. The summed E-state index contributed by atoms with van der Waals surface area (Å²) in [6, 6.07) is 11.2. The summed E-state index contributed by atoms with van der Waals surface area (Å²) in [6.07, 6.45) is 2.09. The van der Waals surface area contributed by atoms with Crippen molar-refractivity contribution >= 4 is 0 Å². The number of hydrogen-bond donors (Lipinski definition) is 0. The number of hydrogen-bond acceptors (Lipinski definition) is 5. The Morgan fingerprint density at radius 1 is 0.964 bits per heavy atom. The molecule has 0 spiro atoms. The van der Waals surface area contributed by atoms with Crippen LogP contribution in [0, 0.1) is 0 Å². The van der Waals surface area contributed by atoms with Crippen LogP contribution in [0.3, 0.4) is 0 Å². The Morgan fingerprint density at radius 3 is 2.43 bits per heavy atom. The molecule has 0 unspecified atom stereocenters. The van der Waals surface area contributed by atoms with Gasteiger partial charge in [-0.05, 0) is 43.1 Å². The van der Waals surface area contributed by atoms with Gasteiger partial charge in [0, 0.05) is 24.2 Å². The summed E-state index contributed by atoms with van der Waals surface area (Å²) in [5.41, 5.74) is 2.09. The van der Waals surface area contributed by atoms with E-state index in [-0.39, 0.29) is 11.8 Å². The lowest BCUT2D eigenvalue weighted by Gasteiger charge is -2.26. The van der Waals surface area contributed by atoms with E-state index in [0.717, 1.165) is 42.0 Å². The van der Waals surface area contributed by atoms with E-state index in [1.54, 1.807) is 26.4 Å². The molecule has 0 aromatic heterocycles. The number of likely N-dealkylation sites (tertiary alicyclic amines) is 1. The third-order valence-corrected chi connectivity index (χ3v) is 4.99. The van der Waals surface area contributed by atoms with Crippen LogP contribution in [0.15, 0.2) is 36.4 Å². The zero-order valence-electron chi connectivity index (χ0n) is 16.3. The van der Waals surface area contributed by atoms with Crippen LogP contribution in [0.2, 0.25) is 0 Å². The van der Waals surface area contributed by atoms with E-state index in [0.29, 0.717) is 12.3 Å². The number of rotatable bonds is 8. The molecule has 5 nitrogen and oxygen atoms in total. The molecule has 1 atom stereocenters. The zero-order chi connectivity index (χ0) is 20.1. The van der Waals surface area contributed by atoms with Gasteiger partial charge in [-0.2, -0.15) is 8.78 Å². The second-order valence-corrected chi connectivity index (χ2v) is 6.60. The minimum absolute atomic E-state index is 0.0380. The van der Waals surface area contributed by atoms with Gasteiger partial charge < -0.3 is 18.9 Å². The Kier molecular flexibility index (Phi) is 6.57. The summed E-state index contributed by atoms with van der Waals surface area (Å²) in [5, 5.41) is 0. The van der Waals surface area contributed by atoms with Gasteiger partial charge in [0.15, 0.2) is 11.5 Å². The van der Waals surface area contributed by atoms with E-state index in [4.69, 9.17) is 14.2 Å². The number of ether oxygens (including phenoxy) is 4. The molecular formula is C21H25F2NO4. The Labute approximate surface area is 163 Å². The topological polar surface area (TPSA) is 40.2 Å². The summed E-state index contributed by atoms with van der Waals surface area (Å²) < 4.78 is 45.6. The highest BCUT2D eigenvalue weighted by molar-refractivity contribution is 5.44. The molecule has 0 amide bonds. The van der Waals surface area contributed by atoms with Crippen LogP contribution >= 0.6 is 0 Å². The van der Waals surface area contributed by atoms with E-state index in [1.165, 1.54) is 13.2 Å². The molecular weight excluding hydrogens is 368 g/mol. The highest BCUT2D eigenvalue weighted by atomic mass is 19.3. The fourth-order valence-corrected chi connectivity index (χ4v) is 3.70.